The van der Waals surface area contributed by atoms with Crippen molar-refractivity contribution >= 4 is 39.8 Å². The van der Waals surface area contributed by atoms with Crippen molar-refractivity contribution in [3.63, 3.8) is 0 Å². The first-order valence-electron chi connectivity index (χ1n) is 7.61. The van der Waals surface area contributed by atoms with Gasteiger partial charge in [0.15, 0.2) is 5.96 Å². The van der Waals surface area contributed by atoms with Crippen molar-refractivity contribution in [3.8, 4) is 0 Å². The number of rotatable bonds is 8. The lowest BCUT2D eigenvalue weighted by Crippen LogP contribution is -2.40. The third-order valence-corrected chi connectivity index (χ3v) is 4.28. The zero-order valence-corrected chi connectivity index (χ0v) is 17.9. The standard InChI is InChI=1S/C16H27N3O3S.HI/c1-13-7-5-6-8-15(13)14(2)19-16(17-3)18-9-10-22-11-12-23(4,20)21;/h5-8,14H,9-12H2,1-4H3,(H2,17,18,19);1H. The molecular formula is C16H28IN3O3S. The molecule has 0 saturated heterocycles. The van der Waals surface area contributed by atoms with Crippen molar-refractivity contribution in [2.45, 2.75) is 19.9 Å². The van der Waals surface area contributed by atoms with Gasteiger partial charge in [-0.05, 0) is 25.0 Å². The Kier molecular flexibility index (Phi) is 11.2. The van der Waals surface area contributed by atoms with Crippen LogP contribution in [0.5, 0.6) is 0 Å². The molecular weight excluding hydrogens is 441 g/mol. The third-order valence-electron chi connectivity index (χ3n) is 3.37. The number of aryl methyl sites for hydroxylation is 1. The van der Waals surface area contributed by atoms with Crippen molar-refractivity contribution in [3.05, 3.63) is 35.4 Å². The average Bonchev–Trinajstić information content (AvgIpc) is 2.48. The van der Waals surface area contributed by atoms with Crippen molar-refractivity contribution < 1.29 is 13.2 Å². The van der Waals surface area contributed by atoms with Gasteiger partial charge in [-0.3, -0.25) is 4.99 Å². The molecule has 0 radical (unpaired) electrons. The van der Waals surface area contributed by atoms with Crippen LogP contribution in [-0.4, -0.2) is 53.2 Å². The second kappa shape index (κ2) is 11.6. The molecule has 0 heterocycles. The Labute approximate surface area is 162 Å². The Morgan fingerprint density at radius 2 is 1.96 bits per heavy atom. The topological polar surface area (TPSA) is 79.8 Å². The highest BCUT2D eigenvalue weighted by Gasteiger charge is 2.09. The molecule has 0 fully saturated rings. The summed E-state index contributed by atoms with van der Waals surface area (Å²) in [5, 5.41) is 6.48. The predicted octanol–water partition coefficient (Wildman–Crippen LogP) is 1.90. The summed E-state index contributed by atoms with van der Waals surface area (Å²) >= 11 is 0. The molecule has 1 rings (SSSR count). The fourth-order valence-electron chi connectivity index (χ4n) is 2.10. The van der Waals surface area contributed by atoms with E-state index in [0.717, 1.165) is 0 Å². The number of hydrogen-bond acceptors (Lipinski definition) is 4. The highest BCUT2D eigenvalue weighted by atomic mass is 127. The first kappa shape index (κ1) is 23.1. The lowest BCUT2D eigenvalue weighted by molar-refractivity contribution is 0.154. The molecule has 0 aliphatic rings. The summed E-state index contributed by atoms with van der Waals surface area (Å²) < 4.78 is 27.2. The largest absolute Gasteiger partial charge is 0.379 e. The van der Waals surface area contributed by atoms with Crippen LogP contribution in [0.1, 0.15) is 24.1 Å². The maximum atomic E-state index is 11.0. The van der Waals surface area contributed by atoms with Gasteiger partial charge in [0.2, 0.25) is 0 Å². The van der Waals surface area contributed by atoms with Crippen molar-refractivity contribution in [1.29, 1.82) is 0 Å². The number of sulfone groups is 1. The minimum atomic E-state index is -2.96. The van der Waals surface area contributed by atoms with E-state index in [4.69, 9.17) is 4.74 Å². The summed E-state index contributed by atoms with van der Waals surface area (Å²) in [4.78, 5) is 4.18. The summed E-state index contributed by atoms with van der Waals surface area (Å²) in [6.45, 7) is 5.36. The van der Waals surface area contributed by atoms with Crippen LogP contribution in [0.4, 0.5) is 0 Å². The summed E-state index contributed by atoms with van der Waals surface area (Å²) in [6, 6.07) is 8.35. The fourth-order valence-corrected chi connectivity index (χ4v) is 2.52. The summed E-state index contributed by atoms with van der Waals surface area (Å²) in [6.07, 6.45) is 1.20. The molecule has 1 aromatic carbocycles. The molecule has 1 unspecified atom stereocenters. The molecule has 6 nitrogen and oxygen atoms in total. The van der Waals surface area contributed by atoms with Crippen molar-refractivity contribution in [2.24, 2.45) is 4.99 Å². The number of hydrogen-bond donors (Lipinski definition) is 2. The monoisotopic (exact) mass is 469 g/mol. The Morgan fingerprint density at radius 3 is 2.54 bits per heavy atom. The second-order valence-electron chi connectivity index (χ2n) is 5.46. The van der Waals surface area contributed by atoms with Crippen LogP contribution >= 0.6 is 24.0 Å². The first-order valence-corrected chi connectivity index (χ1v) is 9.67. The van der Waals surface area contributed by atoms with Crippen LogP contribution < -0.4 is 10.6 Å². The molecule has 0 amide bonds. The quantitative estimate of drug-likeness (QED) is 0.263. The molecule has 2 N–H and O–H groups in total. The number of aliphatic imine (C=N–C) groups is 1. The predicted molar refractivity (Wildman–Crippen MR) is 110 cm³/mol. The Hall–Kier alpha value is -0.870. The highest BCUT2D eigenvalue weighted by molar-refractivity contribution is 14.0. The van der Waals surface area contributed by atoms with E-state index >= 15 is 0 Å². The van der Waals surface area contributed by atoms with Crippen LogP contribution in [0.2, 0.25) is 0 Å². The SMILES string of the molecule is CN=C(NCCOCCS(C)(=O)=O)NC(C)c1ccccc1C.I. The molecule has 0 saturated carbocycles. The molecule has 0 aliphatic heterocycles. The van der Waals surface area contributed by atoms with Crippen LogP contribution in [0.3, 0.4) is 0 Å². The Bertz CT molecular complexity index is 621. The van der Waals surface area contributed by atoms with Crippen molar-refractivity contribution in [2.75, 3.05) is 38.8 Å². The van der Waals surface area contributed by atoms with E-state index in [1.165, 1.54) is 17.4 Å². The molecule has 138 valence electrons. The van der Waals surface area contributed by atoms with Crippen LogP contribution in [-0.2, 0) is 14.6 Å². The molecule has 1 atom stereocenters. The van der Waals surface area contributed by atoms with E-state index in [1.807, 2.05) is 12.1 Å². The van der Waals surface area contributed by atoms with E-state index in [-0.39, 0.29) is 42.4 Å². The van der Waals surface area contributed by atoms with Gasteiger partial charge >= 0.3 is 0 Å². The minimum Gasteiger partial charge on any atom is -0.379 e. The average molecular weight is 469 g/mol. The number of nitrogens with one attached hydrogen (secondary N) is 2. The molecule has 0 spiro atoms. The number of benzene rings is 1. The Morgan fingerprint density at radius 1 is 1.29 bits per heavy atom. The smallest absolute Gasteiger partial charge is 0.191 e. The molecule has 0 aromatic heterocycles. The zero-order chi connectivity index (χ0) is 17.3. The number of ether oxygens (including phenoxy) is 1. The van der Waals surface area contributed by atoms with Gasteiger partial charge in [0.1, 0.15) is 9.84 Å². The Balaban J connectivity index is 0.00000529. The van der Waals surface area contributed by atoms with Gasteiger partial charge in [-0.1, -0.05) is 24.3 Å². The minimum absolute atomic E-state index is 0. The highest BCUT2D eigenvalue weighted by Crippen LogP contribution is 2.16. The van der Waals surface area contributed by atoms with Crippen molar-refractivity contribution in [1.82, 2.24) is 10.6 Å². The molecule has 24 heavy (non-hydrogen) atoms. The maximum absolute atomic E-state index is 11.0. The third kappa shape index (κ3) is 9.43. The van der Waals surface area contributed by atoms with E-state index in [9.17, 15) is 8.42 Å². The van der Waals surface area contributed by atoms with Crippen LogP contribution in [0.15, 0.2) is 29.3 Å². The van der Waals surface area contributed by atoms with Gasteiger partial charge in [-0.2, -0.15) is 0 Å². The summed E-state index contributed by atoms with van der Waals surface area (Å²) in [7, 11) is -1.25. The van der Waals surface area contributed by atoms with Gasteiger partial charge in [-0.15, -0.1) is 24.0 Å². The molecule has 0 bridgehead atoms. The van der Waals surface area contributed by atoms with E-state index in [2.05, 4.69) is 41.6 Å². The van der Waals surface area contributed by atoms with Gasteiger partial charge in [0.05, 0.1) is 25.0 Å². The lowest BCUT2D eigenvalue weighted by atomic mass is 10.0. The number of guanidine groups is 1. The van der Waals surface area contributed by atoms with Gasteiger partial charge in [0.25, 0.3) is 0 Å². The molecule has 0 aliphatic carbocycles. The second-order valence-corrected chi connectivity index (χ2v) is 7.72. The maximum Gasteiger partial charge on any atom is 0.191 e. The van der Waals surface area contributed by atoms with Gasteiger partial charge in [-0.25, -0.2) is 8.42 Å². The van der Waals surface area contributed by atoms with Crippen LogP contribution in [0.25, 0.3) is 0 Å². The lowest BCUT2D eigenvalue weighted by Gasteiger charge is -2.19. The van der Waals surface area contributed by atoms with Gasteiger partial charge < -0.3 is 15.4 Å². The number of nitrogens with zero attached hydrogens (tertiary/aromatic N) is 1. The first-order chi connectivity index (χ1) is 10.8. The van der Waals surface area contributed by atoms with E-state index in [1.54, 1.807) is 7.05 Å². The normalized spacial score (nSPS) is 13.1. The molecule has 8 heteroatoms. The zero-order valence-electron chi connectivity index (χ0n) is 14.7. The van der Waals surface area contributed by atoms with Crippen LogP contribution in [0, 0.1) is 6.92 Å². The van der Waals surface area contributed by atoms with E-state index < -0.39 is 9.84 Å². The van der Waals surface area contributed by atoms with Gasteiger partial charge in [0, 0.05) is 19.8 Å². The summed E-state index contributed by atoms with van der Waals surface area (Å²) in [5.41, 5.74) is 2.45. The fraction of sp³-hybridized carbons (Fsp3) is 0.562. The number of halogens is 1. The summed E-state index contributed by atoms with van der Waals surface area (Å²) in [5.74, 6) is 0.733. The molecule has 1 aromatic rings. The van der Waals surface area contributed by atoms with E-state index in [0.29, 0.717) is 19.1 Å².